The molecule has 10 nitrogen and oxygen atoms in total. The van der Waals surface area contributed by atoms with Crippen molar-refractivity contribution in [3.8, 4) is 0 Å². The number of Topliss-reactive ketones (excluding diaryl/α,β-unsaturated/α-hetero) is 1. The van der Waals surface area contributed by atoms with Gasteiger partial charge in [0, 0.05) is 12.0 Å². The Bertz CT molecular complexity index is 1500. The van der Waals surface area contributed by atoms with Crippen molar-refractivity contribution in [3.63, 3.8) is 0 Å². The maximum absolute atomic E-state index is 13.6. The standard InChI is InChI=1S/C43H64N2O8/c1-26(2)21-36(45-27(3)22-35(38(45)48)44-40(50)52-24-29-11-9-8-10-12-29)39(49)51-25-37(47)53-41(5)19-20-42(6)30(23-41)13-14-31-33-16-15-32(28(4)46)43(33,7)18-17-34(31)42/h8-12,26-27,30-36,39,49H,13-25H2,1-7H3,(H,44,50)/t27?,30-,31-,32+,33-,34-,35-,36-,39?,41+,42-,43+/m0/s1. The van der Waals surface area contributed by atoms with Crippen molar-refractivity contribution < 1.29 is 38.5 Å². The molecule has 4 aliphatic carbocycles. The summed E-state index contributed by atoms with van der Waals surface area (Å²) < 4.78 is 17.3. The van der Waals surface area contributed by atoms with Crippen LogP contribution in [-0.4, -0.2) is 70.4 Å². The smallest absolute Gasteiger partial charge is 0.408 e. The monoisotopic (exact) mass is 736 g/mol. The van der Waals surface area contributed by atoms with Gasteiger partial charge in [-0.15, -0.1) is 0 Å². The summed E-state index contributed by atoms with van der Waals surface area (Å²) in [6.07, 6.45) is 8.18. The lowest BCUT2D eigenvalue weighted by Gasteiger charge is -2.62. The Kier molecular flexibility index (Phi) is 11.7. The minimum Gasteiger partial charge on any atom is -0.458 e. The second-order valence-electron chi connectivity index (χ2n) is 18.6. The fraction of sp³-hybridized carbons (Fsp3) is 0.767. The molecule has 1 aromatic rings. The van der Waals surface area contributed by atoms with Crippen molar-refractivity contribution in [2.45, 2.75) is 156 Å². The van der Waals surface area contributed by atoms with Crippen molar-refractivity contribution in [1.82, 2.24) is 10.2 Å². The lowest BCUT2D eigenvalue weighted by molar-refractivity contribution is -0.198. The third kappa shape index (κ3) is 8.05. The van der Waals surface area contributed by atoms with E-state index in [4.69, 9.17) is 14.2 Å². The highest BCUT2D eigenvalue weighted by atomic mass is 16.6. The van der Waals surface area contributed by atoms with E-state index < -0.39 is 42.6 Å². The number of ketones is 1. The number of fused-ring (bicyclic) bond motifs is 5. The molecule has 10 heteroatoms. The fourth-order valence-electron chi connectivity index (χ4n) is 12.1. The van der Waals surface area contributed by atoms with Gasteiger partial charge in [0.2, 0.25) is 5.91 Å². The number of hydrogen-bond donors (Lipinski definition) is 2. The summed E-state index contributed by atoms with van der Waals surface area (Å²) in [4.78, 5) is 53.7. The van der Waals surface area contributed by atoms with Gasteiger partial charge in [0.1, 0.15) is 30.6 Å². The molecule has 0 aromatic heterocycles. The highest BCUT2D eigenvalue weighted by Gasteiger charge is 2.62. The van der Waals surface area contributed by atoms with E-state index in [9.17, 15) is 24.3 Å². The molecule has 0 spiro atoms. The minimum absolute atomic E-state index is 0.0922. The van der Waals surface area contributed by atoms with Crippen LogP contribution in [0.2, 0.25) is 0 Å². The molecule has 5 aliphatic rings. The van der Waals surface area contributed by atoms with Gasteiger partial charge in [-0.05, 0) is 137 Å². The van der Waals surface area contributed by atoms with Gasteiger partial charge in [0.15, 0.2) is 6.29 Å². The summed E-state index contributed by atoms with van der Waals surface area (Å²) in [5, 5.41) is 14.0. The van der Waals surface area contributed by atoms with Crippen molar-refractivity contribution in [1.29, 1.82) is 0 Å². The van der Waals surface area contributed by atoms with Gasteiger partial charge in [-0.25, -0.2) is 9.59 Å². The highest BCUT2D eigenvalue weighted by molar-refractivity contribution is 5.88. The summed E-state index contributed by atoms with van der Waals surface area (Å²) in [5.74, 6) is 2.29. The van der Waals surface area contributed by atoms with Crippen LogP contribution >= 0.6 is 0 Å². The molecule has 5 fully saturated rings. The number of hydrogen-bond acceptors (Lipinski definition) is 8. The number of nitrogens with one attached hydrogen (secondary N) is 1. The molecule has 12 atom stereocenters. The Hall–Kier alpha value is -2.98. The van der Waals surface area contributed by atoms with Crippen molar-refractivity contribution in [2.24, 2.45) is 46.3 Å². The van der Waals surface area contributed by atoms with Gasteiger partial charge in [-0.2, -0.15) is 0 Å². The van der Waals surface area contributed by atoms with E-state index in [-0.39, 0.29) is 41.2 Å². The number of alkyl carbamates (subject to hydrolysis) is 1. The van der Waals surface area contributed by atoms with Crippen LogP contribution in [0.4, 0.5) is 4.79 Å². The first-order valence-corrected chi connectivity index (χ1v) is 20.4. The van der Waals surface area contributed by atoms with E-state index in [1.165, 1.54) is 19.3 Å². The molecule has 4 saturated carbocycles. The second kappa shape index (κ2) is 15.6. The number of likely N-dealkylation sites (tertiary alicyclic amines) is 1. The topological polar surface area (TPSA) is 131 Å². The number of esters is 1. The molecule has 0 radical (unpaired) electrons. The molecule has 1 aromatic carbocycles. The Morgan fingerprint density at radius 3 is 2.38 bits per heavy atom. The molecule has 2 unspecified atom stereocenters. The Morgan fingerprint density at radius 1 is 0.962 bits per heavy atom. The molecular formula is C43H64N2O8. The molecule has 1 aliphatic heterocycles. The number of carbonyl (C=O) groups excluding carboxylic acids is 4. The fourth-order valence-corrected chi connectivity index (χ4v) is 12.1. The number of benzene rings is 1. The van der Waals surface area contributed by atoms with Gasteiger partial charge in [0.25, 0.3) is 0 Å². The van der Waals surface area contributed by atoms with Gasteiger partial charge in [-0.1, -0.05) is 58.0 Å². The molecule has 2 N–H and O–H groups in total. The Balaban J connectivity index is 1.02. The number of aliphatic hydroxyl groups is 1. The zero-order valence-corrected chi connectivity index (χ0v) is 33.1. The van der Waals surface area contributed by atoms with Crippen LogP contribution in [0, 0.1) is 46.3 Å². The SMILES string of the molecule is CC(=O)[C@H]1CC[C@H]2[C@@H]3CC[C@H]4C[C@](C)(OC(=O)COC(O)[C@H](CC(C)C)N5C(=O)[C@@H](NC(=O)OCc6ccccc6)CC5C)CC[C@]4(C)[C@H]3CC[C@]12C. The predicted molar refractivity (Wildman–Crippen MR) is 200 cm³/mol. The number of aliphatic hydroxyl groups excluding tert-OH is 1. The number of amides is 2. The molecule has 1 heterocycles. The number of nitrogens with zero attached hydrogens (tertiary/aromatic N) is 1. The lowest BCUT2D eigenvalue weighted by atomic mass is 9.44. The third-order valence-corrected chi connectivity index (χ3v) is 14.7. The van der Waals surface area contributed by atoms with Crippen LogP contribution in [0.25, 0.3) is 0 Å². The van der Waals surface area contributed by atoms with Gasteiger partial charge < -0.3 is 29.5 Å². The van der Waals surface area contributed by atoms with Crippen molar-refractivity contribution in [3.05, 3.63) is 35.9 Å². The number of rotatable bonds is 12. The van der Waals surface area contributed by atoms with Gasteiger partial charge in [-0.3, -0.25) is 9.59 Å². The Labute approximate surface area is 316 Å². The summed E-state index contributed by atoms with van der Waals surface area (Å²) in [5.41, 5.74) is 0.577. The maximum atomic E-state index is 13.6. The lowest BCUT2D eigenvalue weighted by Crippen LogP contribution is -2.56. The normalized spacial score (nSPS) is 37.6. The van der Waals surface area contributed by atoms with Crippen LogP contribution < -0.4 is 5.32 Å². The van der Waals surface area contributed by atoms with E-state index in [1.807, 2.05) is 58.0 Å². The zero-order valence-electron chi connectivity index (χ0n) is 33.1. The summed E-state index contributed by atoms with van der Waals surface area (Å²) >= 11 is 0. The van der Waals surface area contributed by atoms with Crippen LogP contribution in [0.3, 0.4) is 0 Å². The molecule has 1 saturated heterocycles. The zero-order chi connectivity index (χ0) is 38.3. The van der Waals surface area contributed by atoms with Crippen LogP contribution in [0.1, 0.15) is 125 Å². The van der Waals surface area contributed by atoms with E-state index in [0.717, 1.165) is 44.1 Å². The van der Waals surface area contributed by atoms with Crippen LogP contribution in [-0.2, 0) is 35.2 Å². The van der Waals surface area contributed by atoms with E-state index in [2.05, 4.69) is 19.2 Å². The Morgan fingerprint density at radius 2 is 1.68 bits per heavy atom. The van der Waals surface area contributed by atoms with Gasteiger partial charge in [0.05, 0.1) is 6.04 Å². The largest absolute Gasteiger partial charge is 0.458 e. The van der Waals surface area contributed by atoms with Gasteiger partial charge >= 0.3 is 12.1 Å². The summed E-state index contributed by atoms with van der Waals surface area (Å²) in [7, 11) is 0. The average molecular weight is 737 g/mol. The van der Waals surface area contributed by atoms with E-state index in [1.54, 1.807) is 11.8 Å². The third-order valence-electron chi connectivity index (χ3n) is 14.7. The van der Waals surface area contributed by atoms with E-state index in [0.29, 0.717) is 42.3 Å². The average Bonchev–Trinajstić information content (AvgIpc) is 3.60. The molecule has 294 valence electrons. The second-order valence-corrected chi connectivity index (χ2v) is 18.6. The molecule has 6 rings (SSSR count). The quantitative estimate of drug-likeness (QED) is 0.170. The summed E-state index contributed by atoms with van der Waals surface area (Å²) in [6, 6.07) is 7.55. The highest BCUT2D eigenvalue weighted by Crippen LogP contribution is 2.68. The number of carbonyl (C=O) groups is 4. The van der Waals surface area contributed by atoms with Crippen molar-refractivity contribution >= 4 is 23.8 Å². The van der Waals surface area contributed by atoms with E-state index >= 15 is 0 Å². The number of ether oxygens (including phenoxy) is 3. The molecule has 2 amide bonds. The predicted octanol–water partition coefficient (Wildman–Crippen LogP) is 7.20. The molecule has 0 bridgehead atoms. The van der Waals surface area contributed by atoms with Crippen LogP contribution in [0.5, 0.6) is 0 Å². The van der Waals surface area contributed by atoms with Crippen molar-refractivity contribution in [2.75, 3.05) is 6.61 Å². The minimum atomic E-state index is -1.41. The first-order chi connectivity index (χ1) is 25.0. The first-order valence-electron chi connectivity index (χ1n) is 20.4. The first kappa shape index (κ1) is 39.7. The van der Waals surface area contributed by atoms with Crippen LogP contribution in [0.15, 0.2) is 30.3 Å². The maximum Gasteiger partial charge on any atom is 0.408 e. The summed E-state index contributed by atoms with van der Waals surface area (Å²) in [6.45, 7) is 14.3. The molecular weight excluding hydrogens is 672 g/mol. The molecule has 53 heavy (non-hydrogen) atoms.